The second-order valence-corrected chi connectivity index (χ2v) is 2.68. The highest BCUT2D eigenvalue weighted by Crippen LogP contribution is 2.16. The van der Waals surface area contributed by atoms with E-state index in [4.69, 9.17) is 9.84 Å². The summed E-state index contributed by atoms with van der Waals surface area (Å²) in [6.07, 6.45) is 3.46. The van der Waals surface area contributed by atoms with Gasteiger partial charge < -0.3 is 9.84 Å². The third-order valence-corrected chi connectivity index (χ3v) is 1.80. The molecule has 1 atom stereocenters. The smallest absolute Gasteiger partial charge is 0.100 e. The molecule has 1 N–H and O–H groups in total. The predicted octanol–water partition coefficient (Wildman–Crippen LogP) is 1.92. The van der Waals surface area contributed by atoms with Gasteiger partial charge in [0, 0.05) is 7.11 Å². The highest BCUT2D eigenvalue weighted by molar-refractivity contribution is 5.21. The van der Waals surface area contributed by atoms with Crippen LogP contribution in [-0.2, 0) is 4.74 Å². The number of aliphatic hydroxyl groups is 1. The van der Waals surface area contributed by atoms with E-state index in [-0.39, 0.29) is 12.7 Å². The first kappa shape index (κ1) is 9.96. The van der Waals surface area contributed by atoms with Gasteiger partial charge in [0.05, 0.1) is 6.61 Å². The minimum absolute atomic E-state index is 0.0483. The van der Waals surface area contributed by atoms with Crippen LogP contribution in [0.25, 0.3) is 0 Å². The minimum Gasteiger partial charge on any atom is -0.392 e. The monoisotopic (exact) mass is 178 g/mol. The third kappa shape index (κ3) is 3.01. The summed E-state index contributed by atoms with van der Waals surface area (Å²) in [4.78, 5) is 0. The van der Waals surface area contributed by atoms with Gasteiger partial charge in [0.1, 0.15) is 6.10 Å². The largest absolute Gasteiger partial charge is 0.392 e. The van der Waals surface area contributed by atoms with E-state index < -0.39 is 0 Å². The van der Waals surface area contributed by atoms with Gasteiger partial charge in [-0.2, -0.15) is 0 Å². The van der Waals surface area contributed by atoms with Crippen molar-refractivity contribution in [3.8, 4) is 0 Å². The van der Waals surface area contributed by atoms with Gasteiger partial charge in [0.2, 0.25) is 0 Å². The zero-order valence-electron chi connectivity index (χ0n) is 7.68. The summed E-state index contributed by atoms with van der Waals surface area (Å²) in [7, 11) is 1.65. The molecule has 0 aromatic heterocycles. The summed E-state index contributed by atoms with van der Waals surface area (Å²) < 4.78 is 5.24. The van der Waals surface area contributed by atoms with E-state index in [9.17, 15) is 0 Å². The van der Waals surface area contributed by atoms with E-state index in [1.165, 1.54) is 0 Å². The molecule has 0 saturated carbocycles. The van der Waals surface area contributed by atoms with E-state index in [0.29, 0.717) is 0 Å². The molecule has 0 aliphatic carbocycles. The molecule has 70 valence electrons. The molecule has 0 aliphatic rings. The Balaban J connectivity index is 2.73. The Morgan fingerprint density at radius 2 is 2.08 bits per heavy atom. The van der Waals surface area contributed by atoms with E-state index in [0.717, 1.165) is 5.56 Å². The number of hydrogen-bond acceptors (Lipinski definition) is 2. The van der Waals surface area contributed by atoms with Gasteiger partial charge in [0.25, 0.3) is 0 Å². The van der Waals surface area contributed by atoms with Crippen LogP contribution in [0.3, 0.4) is 0 Å². The topological polar surface area (TPSA) is 29.5 Å². The van der Waals surface area contributed by atoms with Crippen molar-refractivity contribution in [2.75, 3.05) is 13.7 Å². The molecule has 1 rings (SSSR count). The Kier molecular flexibility index (Phi) is 4.23. The van der Waals surface area contributed by atoms with E-state index in [1.54, 1.807) is 13.2 Å². The van der Waals surface area contributed by atoms with Crippen LogP contribution in [0.1, 0.15) is 11.7 Å². The SMILES string of the molecule is COC(/C=C/CO)c1ccccc1. The number of benzene rings is 1. The molecule has 0 saturated heterocycles. The molecule has 0 radical (unpaired) electrons. The molecule has 0 spiro atoms. The second-order valence-electron chi connectivity index (χ2n) is 2.68. The van der Waals surface area contributed by atoms with Gasteiger partial charge in [-0.3, -0.25) is 0 Å². The predicted molar refractivity (Wildman–Crippen MR) is 52.4 cm³/mol. The molecule has 0 fully saturated rings. The first-order chi connectivity index (χ1) is 6.38. The maximum absolute atomic E-state index is 8.62. The van der Waals surface area contributed by atoms with E-state index >= 15 is 0 Å². The fourth-order valence-corrected chi connectivity index (χ4v) is 1.15. The average molecular weight is 178 g/mol. The zero-order chi connectivity index (χ0) is 9.52. The van der Waals surface area contributed by atoms with Gasteiger partial charge in [-0.05, 0) is 5.56 Å². The molecule has 1 aromatic carbocycles. The average Bonchev–Trinajstić information content (AvgIpc) is 2.21. The van der Waals surface area contributed by atoms with Crippen molar-refractivity contribution >= 4 is 0 Å². The van der Waals surface area contributed by atoms with E-state index in [2.05, 4.69) is 0 Å². The summed E-state index contributed by atoms with van der Waals surface area (Å²) in [5, 5.41) is 8.62. The van der Waals surface area contributed by atoms with Crippen molar-refractivity contribution in [1.82, 2.24) is 0 Å². The Hall–Kier alpha value is -1.12. The summed E-state index contributed by atoms with van der Waals surface area (Å²) in [6, 6.07) is 9.89. The first-order valence-corrected chi connectivity index (χ1v) is 4.23. The summed E-state index contributed by atoms with van der Waals surface area (Å²) in [5.41, 5.74) is 1.09. The van der Waals surface area contributed by atoms with Crippen molar-refractivity contribution < 1.29 is 9.84 Å². The van der Waals surface area contributed by atoms with Crippen LogP contribution in [0.4, 0.5) is 0 Å². The van der Waals surface area contributed by atoms with Crippen molar-refractivity contribution in [2.24, 2.45) is 0 Å². The highest BCUT2D eigenvalue weighted by atomic mass is 16.5. The molecule has 13 heavy (non-hydrogen) atoms. The molecule has 0 amide bonds. The molecular weight excluding hydrogens is 164 g/mol. The van der Waals surface area contributed by atoms with Crippen LogP contribution in [0.2, 0.25) is 0 Å². The number of aliphatic hydroxyl groups excluding tert-OH is 1. The molecule has 2 heteroatoms. The normalized spacial score (nSPS) is 13.4. The minimum atomic E-state index is -0.0617. The Labute approximate surface area is 78.5 Å². The van der Waals surface area contributed by atoms with E-state index in [1.807, 2.05) is 36.4 Å². The molecular formula is C11H14O2. The summed E-state index contributed by atoms with van der Waals surface area (Å²) in [5.74, 6) is 0. The van der Waals surface area contributed by atoms with Crippen LogP contribution in [0.15, 0.2) is 42.5 Å². The third-order valence-electron chi connectivity index (χ3n) is 1.80. The highest BCUT2D eigenvalue weighted by Gasteiger charge is 2.03. The second kappa shape index (κ2) is 5.51. The lowest BCUT2D eigenvalue weighted by atomic mass is 10.1. The standard InChI is InChI=1S/C11H14O2/c1-13-11(8-5-9-12)10-6-3-2-4-7-10/h2-8,11-12H,9H2,1H3/b8-5+. The summed E-state index contributed by atoms with van der Waals surface area (Å²) >= 11 is 0. The quantitative estimate of drug-likeness (QED) is 0.714. The van der Waals surface area contributed by atoms with Crippen molar-refractivity contribution in [3.05, 3.63) is 48.0 Å². The van der Waals surface area contributed by atoms with Crippen molar-refractivity contribution in [3.63, 3.8) is 0 Å². The number of ether oxygens (including phenoxy) is 1. The van der Waals surface area contributed by atoms with Gasteiger partial charge >= 0.3 is 0 Å². The number of hydrogen-bond donors (Lipinski definition) is 1. The van der Waals surface area contributed by atoms with Crippen molar-refractivity contribution in [2.45, 2.75) is 6.10 Å². The fraction of sp³-hybridized carbons (Fsp3) is 0.273. The summed E-state index contributed by atoms with van der Waals surface area (Å²) in [6.45, 7) is 0.0483. The lowest BCUT2D eigenvalue weighted by Gasteiger charge is -2.10. The molecule has 0 aliphatic heterocycles. The molecule has 0 bridgehead atoms. The van der Waals surface area contributed by atoms with Crippen molar-refractivity contribution in [1.29, 1.82) is 0 Å². The first-order valence-electron chi connectivity index (χ1n) is 4.23. The van der Waals surface area contributed by atoms with Crippen LogP contribution in [0.5, 0.6) is 0 Å². The van der Waals surface area contributed by atoms with Crippen LogP contribution in [0, 0.1) is 0 Å². The molecule has 1 unspecified atom stereocenters. The van der Waals surface area contributed by atoms with Crippen LogP contribution < -0.4 is 0 Å². The molecule has 2 nitrogen and oxygen atoms in total. The zero-order valence-corrected chi connectivity index (χ0v) is 7.68. The lowest BCUT2D eigenvalue weighted by Crippen LogP contribution is -1.97. The van der Waals surface area contributed by atoms with Gasteiger partial charge in [-0.1, -0.05) is 42.5 Å². The van der Waals surface area contributed by atoms with Crippen LogP contribution in [-0.4, -0.2) is 18.8 Å². The van der Waals surface area contributed by atoms with Gasteiger partial charge in [0.15, 0.2) is 0 Å². The van der Waals surface area contributed by atoms with Crippen LogP contribution >= 0.6 is 0 Å². The van der Waals surface area contributed by atoms with Gasteiger partial charge in [-0.25, -0.2) is 0 Å². The Morgan fingerprint density at radius 1 is 1.38 bits per heavy atom. The Morgan fingerprint density at radius 3 is 2.62 bits per heavy atom. The maximum Gasteiger partial charge on any atom is 0.100 e. The number of methoxy groups -OCH3 is 1. The molecule has 0 heterocycles. The number of rotatable bonds is 4. The fourth-order valence-electron chi connectivity index (χ4n) is 1.15. The van der Waals surface area contributed by atoms with Gasteiger partial charge in [-0.15, -0.1) is 0 Å². The Bertz CT molecular complexity index is 254. The molecule has 1 aromatic rings. The maximum atomic E-state index is 8.62. The lowest BCUT2D eigenvalue weighted by molar-refractivity contribution is 0.142.